The van der Waals surface area contributed by atoms with Crippen LogP contribution in [0, 0.1) is 0 Å². The van der Waals surface area contributed by atoms with Gasteiger partial charge in [0.05, 0.1) is 0 Å². The molecule has 1 aromatic rings. The summed E-state index contributed by atoms with van der Waals surface area (Å²) in [5.41, 5.74) is -0.430. The molecule has 0 N–H and O–H groups in total. The van der Waals surface area contributed by atoms with Crippen LogP contribution in [0.4, 0.5) is 0 Å². The Morgan fingerprint density at radius 3 is 2.50 bits per heavy atom. The molecule has 0 saturated carbocycles. The van der Waals surface area contributed by atoms with E-state index in [-0.39, 0.29) is 0 Å². The van der Waals surface area contributed by atoms with E-state index in [4.69, 9.17) is 14.2 Å². The number of carbonyl (C=O) groups is 2. The Balaban J connectivity index is 2.40. The van der Waals surface area contributed by atoms with Crippen LogP contribution in [0.2, 0.25) is 0 Å². The van der Waals surface area contributed by atoms with Gasteiger partial charge in [-0.1, -0.05) is 18.2 Å². The van der Waals surface area contributed by atoms with Gasteiger partial charge in [0.2, 0.25) is 5.60 Å². The van der Waals surface area contributed by atoms with Crippen LogP contribution < -0.4 is 4.74 Å². The van der Waals surface area contributed by atoms with Crippen molar-refractivity contribution < 1.29 is 23.8 Å². The Labute approximate surface area is 105 Å². The number of hydrogen-bond acceptors (Lipinski definition) is 5. The fraction of sp³-hybridized carbons (Fsp3) is 0.385. The van der Waals surface area contributed by atoms with Crippen LogP contribution in [0.3, 0.4) is 0 Å². The molecule has 0 aromatic heterocycles. The van der Waals surface area contributed by atoms with Crippen LogP contribution in [-0.4, -0.2) is 18.2 Å². The van der Waals surface area contributed by atoms with E-state index in [1.807, 2.05) is 0 Å². The molecule has 2 atom stereocenters. The van der Waals surface area contributed by atoms with Crippen LogP contribution in [0.25, 0.3) is 0 Å². The maximum absolute atomic E-state index is 11.2. The molecule has 1 heterocycles. The average molecular weight is 250 g/mol. The molecule has 96 valence electrons. The second-order valence-electron chi connectivity index (χ2n) is 4.26. The summed E-state index contributed by atoms with van der Waals surface area (Å²) in [4.78, 5) is 22.3. The first kappa shape index (κ1) is 12.4. The SMILES string of the molecule is CC(=O)O[C@H]1Oc2ccccc2[C@@]1(C)OC(C)=O. The van der Waals surface area contributed by atoms with Crippen LogP contribution in [-0.2, 0) is 24.7 Å². The zero-order valence-electron chi connectivity index (χ0n) is 10.4. The van der Waals surface area contributed by atoms with E-state index in [0.717, 1.165) is 0 Å². The first-order valence-electron chi connectivity index (χ1n) is 5.56. The Morgan fingerprint density at radius 2 is 1.89 bits per heavy atom. The van der Waals surface area contributed by atoms with E-state index in [0.29, 0.717) is 11.3 Å². The normalized spacial score (nSPS) is 24.9. The second kappa shape index (κ2) is 4.33. The van der Waals surface area contributed by atoms with Crippen molar-refractivity contribution in [1.29, 1.82) is 0 Å². The molecule has 0 bridgehead atoms. The molecule has 0 spiro atoms. The van der Waals surface area contributed by atoms with Crippen LogP contribution in [0.1, 0.15) is 26.3 Å². The number of benzene rings is 1. The lowest BCUT2D eigenvalue weighted by molar-refractivity contribution is -0.207. The van der Waals surface area contributed by atoms with Gasteiger partial charge in [0.1, 0.15) is 5.75 Å². The molecule has 0 amide bonds. The van der Waals surface area contributed by atoms with E-state index in [1.54, 1.807) is 31.2 Å². The van der Waals surface area contributed by atoms with Crippen molar-refractivity contribution in [3.05, 3.63) is 29.8 Å². The van der Waals surface area contributed by atoms with Gasteiger partial charge in [0.25, 0.3) is 6.29 Å². The Morgan fingerprint density at radius 1 is 1.22 bits per heavy atom. The van der Waals surface area contributed by atoms with Crippen LogP contribution in [0.15, 0.2) is 24.3 Å². The molecule has 5 heteroatoms. The summed E-state index contributed by atoms with van der Waals surface area (Å²) in [5, 5.41) is 0. The van der Waals surface area contributed by atoms with Gasteiger partial charge in [0.15, 0.2) is 0 Å². The van der Waals surface area contributed by atoms with Gasteiger partial charge in [-0.15, -0.1) is 0 Å². The van der Waals surface area contributed by atoms with Crippen molar-refractivity contribution in [1.82, 2.24) is 0 Å². The van der Waals surface area contributed by atoms with Crippen LogP contribution in [0.5, 0.6) is 5.75 Å². The molecule has 0 fully saturated rings. The minimum Gasteiger partial charge on any atom is -0.450 e. The third-order valence-electron chi connectivity index (χ3n) is 2.73. The lowest BCUT2D eigenvalue weighted by atomic mass is 9.96. The summed E-state index contributed by atoms with van der Waals surface area (Å²) in [6.07, 6.45) is -0.962. The van der Waals surface area contributed by atoms with Crippen molar-refractivity contribution in [2.24, 2.45) is 0 Å². The molecular weight excluding hydrogens is 236 g/mol. The van der Waals surface area contributed by atoms with E-state index in [9.17, 15) is 9.59 Å². The Bertz CT molecular complexity index is 496. The third-order valence-corrected chi connectivity index (χ3v) is 2.73. The van der Waals surface area contributed by atoms with Gasteiger partial charge >= 0.3 is 11.9 Å². The third kappa shape index (κ3) is 2.03. The van der Waals surface area contributed by atoms with E-state index >= 15 is 0 Å². The molecule has 0 unspecified atom stereocenters. The average Bonchev–Trinajstić information content (AvgIpc) is 2.51. The molecule has 1 aliphatic rings. The highest BCUT2D eigenvalue weighted by atomic mass is 16.7. The lowest BCUT2D eigenvalue weighted by Crippen LogP contribution is -2.42. The minimum absolute atomic E-state index is 0.463. The molecule has 18 heavy (non-hydrogen) atoms. The number of carbonyl (C=O) groups excluding carboxylic acids is 2. The Hall–Kier alpha value is -2.04. The predicted molar refractivity (Wildman–Crippen MR) is 61.7 cm³/mol. The maximum atomic E-state index is 11.2. The van der Waals surface area contributed by atoms with E-state index < -0.39 is 23.8 Å². The second-order valence-corrected chi connectivity index (χ2v) is 4.26. The van der Waals surface area contributed by atoms with Gasteiger partial charge in [0, 0.05) is 19.4 Å². The number of ether oxygens (including phenoxy) is 3. The van der Waals surface area contributed by atoms with Gasteiger partial charge in [-0.2, -0.15) is 0 Å². The topological polar surface area (TPSA) is 61.8 Å². The first-order valence-corrected chi connectivity index (χ1v) is 5.56. The fourth-order valence-corrected chi connectivity index (χ4v) is 2.02. The van der Waals surface area contributed by atoms with E-state index in [1.165, 1.54) is 13.8 Å². The fourth-order valence-electron chi connectivity index (χ4n) is 2.02. The summed E-state index contributed by atoms with van der Waals surface area (Å²) in [6.45, 7) is 4.24. The molecular formula is C13H14O5. The van der Waals surface area contributed by atoms with E-state index in [2.05, 4.69) is 0 Å². The summed E-state index contributed by atoms with van der Waals surface area (Å²) in [6, 6.07) is 7.12. The van der Waals surface area contributed by atoms with Gasteiger partial charge in [-0.25, -0.2) is 0 Å². The zero-order valence-corrected chi connectivity index (χ0v) is 10.4. The summed E-state index contributed by atoms with van der Waals surface area (Å²) >= 11 is 0. The van der Waals surface area contributed by atoms with Crippen molar-refractivity contribution >= 4 is 11.9 Å². The largest absolute Gasteiger partial charge is 0.450 e. The molecule has 1 aromatic carbocycles. The highest BCUT2D eigenvalue weighted by Gasteiger charge is 2.50. The smallest absolute Gasteiger partial charge is 0.305 e. The highest BCUT2D eigenvalue weighted by Crippen LogP contribution is 2.44. The molecule has 2 rings (SSSR count). The Kier molecular flexibility index (Phi) is 2.98. The maximum Gasteiger partial charge on any atom is 0.305 e. The summed E-state index contributed by atoms with van der Waals surface area (Å²) in [5.74, 6) is -0.409. The summed E-state index contributed by atoms with van der Waals surface area (Å²) in [7, 11) is 0. The zero-order chi connectivity index (χ0) is 13.3. The van der Waals surface area contributed by atoms with Gasteiger partial charge < -0.3 is 14.2 Å². The number of rotatable bonds is 2. The molecule has 5 nitrogen and oxygen atoms in total. The molecule has 0 radical (unpaired) electrons. The van der Waals surface area contributed by atoms with Crippen molar-refractivity contribution in [3.8, 4) is 5.75 Å². The monoisotopic (exact) mass is 250 g/mol. The standard InChI is InChI=1S/C13H14O5/c1-8(14)16-12-13(3,18-9(2)15)10-6-4-5-7-11(10)17-12/h4-7,12H,1-3H3/t12-,13+/m0/s1. The molecule has 0 aliphatic carbocycles. The summed E-state index contributed by atoms with van der Waals surface area (Å²) < 4.78 is 15.9. The first-order chi connectivity index (χ1) is 8.43. The lowest BCUT2D eigenvalue weighted by Gasteiger charge is -2.28. The number of esters is 2. The number of hydrogen-bond donors (Lipinski definition) is 0. The van der Waals surface area contributed by atoms with Gasteiger partial charge in [-0.05, 0) is 13.0 Å². The van der Waals surface area contributed by atoms with Gasteiger partial charge in [-0.3, -0.25) is 9.59 Å². The number of para-hydroxylation sites is 1. The van der Waals surface area contributed by atoms with Crippen LogP contribution >= 0.6 is 0 Å². The quantitative estimate of drug-likeness (QED) is 0.748. The number of fused-ring (bicyclic) bond motifs is 1. The predicted octanol–water partition coefficient (Wildman–Crippen LogP) is 1.75. The van der Waals surface area contributed by atoms with Crippen molar-refractivity contribution in [2.45, 2.75) is 32.7 Å². The van der Waals surface area contributed by atoms with Crippen molar-refractivity contribution in [2.75, 3.05) is 0 Å². The molecule has 0 saturated heterocycles. The van der Waals surface area contributed by atoms with Crippen molar-refractivity contribution in [3.63, 3.8) is 0 Å². The highest BCUT2D eigenvalue weighted by molar-refractivity contribution is 5.68. The molecule has 1 aliphatic heterocycles. The minimum atomic E-state index is -1.12.